The summed E-state index contributed by atoms with van der Waals surface area (Å²) in [7, 11) is 0. The molecule has 0 saturated heterocycles. The van der Waals surface area contributed by atoms with Crippen LogP contribution in [-0.2, 0) is 0 Å². The molecule has 0 spiro atoms. The van der Waals surface area contributed by atoms with Crippen molar-refractivity contribution in [2.75, 3.05) is 4.90 Å². The lowest BCUT2D eigenvalue weighted by molar-refractivity contribution is 1.20. The Labute approximate surface area is 216 Å². The normalized spacial score (nSPS) is 11.2. The highest BCUT2D eigenvalue weighted by molar-refractivity contribution is 6.22. The Hall–Kier alpha value is -4.95. The van der Waals surface area contributed by atoms with Crippen LogP contribution in [0.5, 0.6) is 0 Å². The molecule has 0 aliphatic rings. The molecule has 0 N–H and O–H groups in total. The molecule has 7 aromatic rings. The summed E-state index contributed by atoms with van der Waals surface area (Å²) in [5.41, 5.74) is 4.70. The predicted molar refractivity (Wildman–Crippen MR) is 157 cm³/mol. The van der Waals surface area contributed by atoms with E-state index in [4.69, 9.17) is 4.98 Å². The average Bonchev–Trinajstić information content (AvgIpc) is 2.98. The van der Waals surface area contributed by atoms with Gasteiger partial charge in [-0.3, -0.25) is 4.90 Å². The molecule has 0 bridgehead atoms. The molecule has 0 amide bonds. The Morgan fingerprint density at radius 2 is 1.05 bits per heavy atom. The number of aromatic nitrogens is 1. The Balaban J connectivity index is 1.62. The van der Waals surface area contributed by atoms with Crippen molar-refractivity contribution in [3.05, 3.63) is 146 Å². The van der Waals surface area contributed by atoms with E-state index in [1.54, 1.807) is 0 Å². The van der Waals surface area contributed by atoms with Crippen LogP contribution in [0.3, 0.4) is 0 Å². The van der Waals surface area contributed by atoms with Crippen LogP contribution in [0, 0.1) is 0 Å². The third-order valence-corrected chi connectivity index (χ3v) is 7.06. The van der Waals surface area contributed by atoms with Gasteiger partial charge in [0.1, 0.15) is 5.82 Å². The summed E-state index contributed by atoms with van der Waals surface area (Å²) in [5.74, 6) is 0.889. The zero-order valence-electron chi connectivity index (χ0n) is 20.3. The minimum absolute atomic E-state index is 0.889. The second-order valence-corrected chi connectivity index (χ2v) is 9.24. The molecule has 0 unspecified atom stereocenters. The average molecular weight is 473 g/mol. The topological polar surface area (TPSA) is 16.1 Å². The van der Waals surface area contributed by atoms with Crippen molar-refractivity contribution in [2.24, 2.45) is 0 Å². The molecular formula is C35H24N2. The lowest BCUT2D eigenvalue weighted by Gasteiger charge is -2.28. The van der Waals surface area contributed by atoms with Crippen molar-refractivity contribution in [2.45, 2.75) is 0 Å². The van der Waals surface area contributed by atoms with Crippen LogP contribution in [0.25, 0.3) is 43.4 Å². The SMILES string of the molecule is c1ccc(-c2c3ccccc3c(N(c3ccc4ccccc4c3)c3ccccn3)c3ccccc23)cc1. The highest BCUT2D eigenvalue weighted by Crippen LogP contribution is 2.47. The first-order valence-corrected chi connectivity index (χ1v) is 12.6. The zero-order valence-corrected chi connectivity index (χ0v) is 20.3. The molecule has 174 valence electrons. The first-order valence-electron chi connectivity index (χ1n) is 12.6. The molecule has 1 aromatic heterocycles. The van der Waals surface area contributed by atoms with E-state index in [1.165, 1.54) is 43.4 Å². The Kier molecular flexibility index (Phi) is 5.15. The molecule has 0 atom stereocenters. The molecule has 2 nitrogen and oxygen atoms in total. The van der Waals surface area contributed by atoms with E-state index in [1.807, 2.05) is 12.3 Å². The molecule has 6 aromatic carbocycles. The fourth-order valence-electron chi connectivity index (χ4n) is 5.44. The van der Waals surface area contributed by atoms with Gasteiger partial charge in [0.05, 0.1) is 5.69 Å². The van der Waals surface area contributed by atoms with E-state index in [0.717, 1.165) is 17.2 Å². The fraction of sp³-hybridized carbons (Fsp3) is 0. The maximum atomic E-state index is 4.83. The lowest BCUT2D eigenvalue weighted by Crippen LogP contribution is -2.12. The van der Waals surface area contributed by atoms with Gasteiger partial charge >= 0.3 is 0 Å². The van der Waals surface area contributed by atoms with Crippen LogP contribution in [0.1, 0.15) is 0 Å². The molecule has 37 heavy (non-hydrogen) atoms. The summed E-state index contributed by atoms with van der Waals surface area (Å²) in [4.78, 5) is 7.14. The van der Waals surface area contributed by atoms with E-state index in [9.17, 15) is 0 Å². The zero-order chi connectivity index (χ0) is 24.6. The Morgan fingerprint density at radius 3 is 1.73 bits per heavy atom. The van der Waals surface area contributed by atoms with Crippen molar-refractivity contribution in [3.8, 4) is 11.1 Å². The Bertz CT molecular complexity index is 1820. The third-order valence-electron chi connectivity index (χ3n) is 7.06. The summed E-state index contributed by atoms with van der Waals surface area (Å²) in [6.45, 7) is 0. The van der Waals surface area contributed by atoms with Crippen molar-refractivity contribution in [1.29, 1.82) is 0 Å². The quantitative estimate of drug-likeness (QED) is 0.237. The second kappa shape index (κ2) is 8.92. The van der Waals surface area contributed by atoms with E-state index in [-0.39, 0.29) is 0 Å². The van der Waals surface area contributed by atoms with Crippen molar-refractivity contribution < 1.29 is 0 Å². The largest absolute Gasteiger partial charge is 0.294 e. The van der Waals surface area contributed by atoms with Gasteiger partial charge in [-0.2, -0.15) is 0 Å². The summed E-state index contributed by atoms with van der Waals surface area (Å²) < 4.78 is 0. The van der Waals surface area contributed by atoms with E-state index < -0.39 is 0 Å². The second-order valence-electron chi connectivity index (χ2n) is 9.24. The predicted octanol–water partition coefficient (Wildman–Crippen LogP) is 9.68. The summed E-state index contributed by atoms with van der Waals surface area (Å²) in [5, 5.41) is 7.27. The van der Waals surface area contributed by atoms with Crippen molar-refractivity contribution in [3.63, 3.8) is 0 Å². The number of hydrogen-bond acceptors (Lipinski definition) is 2. The van der Waals surface area contributed by atoms with Gasteiger partial charge in [0.25, 0.3) is 0 Å². The molecule has 7 rings (SSSR count). The highest BCUT2D eigenvalue weighted by atomic mass is 15.2. The van der Waals surface area contributed by atoms with Crippen LogP contribution in [-0.4, -0.2) is 4.98 Å². The molecule has 1 heterocycles. The molecule has 0 saturated carbocycles. The minimum atomic E-state index is 0.889. The number of pyridine rings is 1. The van der Waals surface area contributed by atoms with E-state index in [2.05, 4.69) is 138 Å². The monoisotopic (exact) mass is 472 g/mol. The highest BCUT2D eigenvalue weighted by Gasteiger charge is 2.22. The molecule has 0 fully saturated rings. The Morgan fingerprint density at radius 1 is 0.459 bits per heavy atom. The fourth-order valence-corrected chi connectivity index (χ4v) is 5.44. The summed E-state index contributed by atoms with van der Waals surface area (Å²) >= 11 is 0. The van der Waals surface area contributed by atoms with Gasteiger partial charge in [0, 0.05) is 22.7 Å². The van der Waals surface area contributed by atoms with E-state index in [0.29, 0.717) is 0 Å². The number of rotatable bonds is 4. The molecule has 2 heteroatoms. The van der Waals surface area contributed by atoms with Crippen molar-refractivity contribution in [1.82, 2.24) is 4.98 Å². The summed E-state index contributed by atoms with van der Waals surface area (Å²) in [6, 6.07) is 49.5. The first kappa shape index (κ1) is 21.3. The molecule has 0 aliphatic heterocycles. The maximum Gasteiger partial charge on any atom is 0.137 e. The van der Waals surface area contributed by atoms with Crippen molar-refractivity contribution >= 4 is 49.5 Å². The molecular weight excluding hydrogens is 448 g/mol. The summed E-state index contributed by atoms with van der Waals surface area (Å²) in [6.07, 6.45) is 1.87. The van der Waals surface area contributed by atoms with Crippen LogP contribution in [0.4, 0.5) is 17.2 Å². The first-order chi connectivity index (χ1) is 18.4. The third kappa shape index (κ3) is 3.62. The number of nitrogens with zero attached hydrogens (tertiary/aromatic N) is 2. The number of anilines is 3. The van der Waals surface area contributed by atoms with Gasteiger partial charge in [-0.05, 0) is 56.9 Å². The molecule has 0 aliphatic carbocycles. The smallest absolute Gasteiger partial charge is 0.137 e. The van der Waals surface area contributed by atoms with Gasteiger partial charge in [-0.15, -0.1) is 0 Å². The van der Waals surface area contributed by atoms with Gasteiger partial charge in [-0.1, -0.05) is 115 Å². The van der Waals surface area contributed by atoms with Crippen LogP contribution in [0.15, 0.2) is 146 Å². The van der Waals surface area contributed by atoms with Crippen LogP contribution >= 0.6 is 0 Å². The van der Waals surface area contributed by atoms with Gasteiger partial charge in [0.2, 0.25) is 0 Å². The standard InChI is InChI=1S/C35H24N2/c1-2-13-26(14-3-1)34-29-16-6-8-18-31(29)35(32-19-9-7-17-30(32)34)37(33-20-10-11-23-36-33)28-22-21-25-12-4-5-15-27(25)24-28/h1-24H. The number of fused-ring (bicyclic) bond motifs is 3. The molecule has 0 radical (unpaired) electrons. The minimum Gasteiger partial charge on any atom is -0.294 e. The van der Waals surface area contributed by atoms with E-state index >= 15 is 0 Å². The van der Waals surface area contributed by atoms with Gasteiger partial charge in [-0.25, -0.2) is 4.98 Å². The maximum absolute atomic E-state index is 4.83. The van der Waals surface area contributed by atoms with Crippen LogP contribution < -0.4 is 4.90 Å². The van der Waals surface area contributed by atoms with Gasteiger partial charge in [0.15, 0.2) is 0 Å². The van der Waals surface area contributed by atoms with Crippen LogP contribution in [0.2, 0.25) is 0 Å². The number of hydrogen-bond donors (Lipinski definition) is 0. The lowest BCUT2D eigenvalue weighted by atomic mass is 9.90. The van der Waals surface area contributed by atoms with Gasteiger partial charge < -0.3 is 0 Å². The number of benzene rings is 6.